The number of fused-ring (bicyclic) bond motifs is 1. The van der Waals surface area contributed by atoms with E-state index in [1.807, 2.05) is 0 Å². The van der Waals surface area contributed by atoms with Gasteiger partial charge in [-0.3, -0.25) is 4.57 Å². The Labute approximate surface area is 111 Å². The van der Waals surface area contributed by atoms with E-state index >= 15 is 0 Å². The van der Waals surface area contributed by atoms with Gasteiger partial charge in [-0.2, -0.15) is 4.98 Å². The summed E-state index contributed by atoms with van der Waals surface area (Å²) in [5, 5.41) is 8.99. The number of nitrogens with one attached hydrogen (secondary N) is 1. The fraction of sp³-hybridized carbons (Fsp3) is 0.400. The number of imidazole rings is 1. The number of hydrogen-bond acceptors (Lipinski definition) is 4. The van der Waals surface area contributed by atoms with E-state index in [0.717, 1.165) is 0 Å². The normalized spacial score (nSPS) is 19.2. The second-order valence-corrected chi connectivity index (χ2v) is 4.69. The highest BCUT2D eigenvalue weighted by Gasteiger charge is 2.29. The number of aromatic amines is 1. The first-order valence-corrected chi connectivity index (χ1v) is 6.04. The molecular weight excluding hydrogens is 274 g/mol. The van der Waals surface area contributed by atoms with Gasteiger partial charge in [0, 0.05) is 13.1 Å². The van der Waals surface area contributed by atoms with Crippen molar-refractivity contribution in [2.24, 2.45) is 0 Å². The second-order valence-electron chi connectivity index (χ2n) is 4.35. The zero-order valence-corrected chi connectivity index (χ0v) is 10.5. The van der Waals surface area contributed by atoms with Crippen LogP contribution in [0.25, 0.3) is 11.2 Å². The van der Waals surface area contributed by atoms with Gasteiger partial charge in [0.2, 0.25) is 5.28 Å². The third kappa shape index (κ3) is 1.93. The standard InChI is InChI=1S/C10H10ClN5O3/c11-8-12-3-6-7(14-8)16(9(17)13-6)5-1-2-15(4-5)10(18)19/h3,5H,1-2,4H2,(H,13,17)(H,18,19). The number of hydrogen-bond donors (Lipinski definition) is 2. The molecule has 0 aromatic carbocycles. The zero-order chi connectivity index (χ0) is 13.6. The first-order valence-electron chi connectivity index (χ1n) is 5.67. The summed E-state index contributed by atoms with van der Waals surface area (Å²) in [4.78, 5) is 34.6. The zero-order valence-electron chi connectivity index (χ0n) is 9.71. The summed E-state index contributed by atoms with van der Waals surface area (Å²) in [7, 11) is 0. The van der Waals surface area contributed by atoms with Crippen LogP contribution < -0.4 is 5.69 Å². The van der Waals surface area contributed by atoms with Crippen LogP contribution in [0.15, 0.2) is 11.0 Å². The van der Waals surface area contributed by atoms with Crippen LogP contribution in [0, 0.1) is 0 Å². The smallest absolute Gasteiger partial charge is 0.407 e. The van der Waals surface area contributed by atoms with Crippen molar-refractivity contribution in [3.05, 3.63) is 22.0 Å². The second kappa shape index (κ2) is 4.23. The van der Waals surface area contributed by atoms with E-state index in [4.69, 9.17) is 16.7 Å². The fourth-order valence-electron chi connectivity index (χ4n) is 2.36. The Hall–Kier alpha value is -2.09. The van der Waals surface area contributed by atoms with Gasteiger partial charge in [0.05, 0.1) is 12.2 Å². The number of carboxylic acid groups (broad SMARTS) is 1. The van der Waals surface area contributed by atoms with Gasteiger partial charge in [0.1, 0.15) is 5.52 Å². The summed E-state index contributed by atoms with van der Waals surface area (Å²) in [6.07, 6.45) is 1.02. The monoisotopic (exact) mass is 283 g/mol. The molecular formula is C10H10ClN5O3. The van der Waals surface area contributed by atoms with Crippen molar-refractivity contribution in [1.29, 1.82) is 0 Å². The van der Waals surface area contributed by atoms with E-state index in [2.05, 4.69) is 15.0 Å². The lowest BCUT2D eigenvalue weighted by Gasteiger charge is -2.13. The average molecular weight is 284 g/mol. The number of likely N-dealkylation sites (tertiary alicyclic amines) is 1. The molecule has 9 heteroatoms. The molecule has 1 aliphatic heterocycles. The Kier molecular flexibility index (Phi) is 2.67. The van der Waals surface area contributed by atoms with Gasteiger partial charge in [-0.1, -0.05) is 0 Å². The maximum atomic E-state index is 11.9. The Morgan fingerprint density at radius 2 is 2.37 bits per heavy atom. The molecule has 1 fully saturated rings. The van der Waals surface area contributed by atoms with Crippen molar-refractivity contribution in [2.75, 3.05) is 13.1 Å². The molecule has 1 atom stereocenters. The van der Waals surface area contributed by atoms with Crippen LogP contribution >= 0.6 is 11.6 Å². The van der Waals surface area contributed by atoms with Crippen LogP contribution in [0.3, 0.4) is 0 Å². The van der Waals surface area contributed by atoms with Gasteiger partial charge in [0.15, 0.2) is 5.65 Å². The number of rotatable bonds is 1. The third-order valence-corrected chi connectivity index (χ3v) is 3.41. The quantitative estimate of drug-likeness (QED) is 0.750. The van der Waals surface area contributed by atoms with Crippen molar-refractivity contribution in [3.63, 3.8) is 0 Å². The fourth-order valence-corrected chi connectivity index (χ4v) is 2.49. The summed E-state index contributed by atoms with van der Waals surface area (Å²) < 4.78 is 1.45. The van der Waals surface area contributed by atoms with Crippen molar-refractivity contribution >= 4 is 28.9 Å². The van der Waals surface area contributed by atoms with E-state index < -0.39 is 6.09 Å². The predicted molar refractivity (Wildman–Crippen MR) is 66.4 cm³/mol. The maximum Gasteiger partial charge on any atom is 0.407 e. The molecule has 2 aromatic heterocycles. The topological polar surface area (TPSA) is 104 Å². The summed E-state index contributed by atoms with van der Waals surface area (Å²) in [6.45, 7) is 0.668. The average Bonchev–Trinajstić information content (AvgIpc) is 2.92. The first kappa shape index (κ1) is 12.0. The van der Waals surface area contributed by atoms with E-state index in [1.165, 1.54) is 15.7 Å². The van der Waals surface area contributed by atoms with Crippen LogP contribution in [-0.2, 0) is 0 Å². The maximum absolute atomic E-state index is 11.9. The molecule has 100 valence electrons. The molecule has 0 bridgehead atoms. The van der Waals surface area contributed by atoms with Gasteiger partial charge in [-0.05, 0) is 18.0 Å². The molecule has 1 aliphatic rings. The number of carbonyl (C=O) groups is 1. The molecule has 0 radical (unpaired) electrons. The molecule has 3 heterocycles. The summed E-state index contributed by atoms with van der Waals surface area (Å²) in [6, 6.07) is -0.233. The van der Waals surface area contributed by atoms with Crippen molar-refractivity contribution in [1.82, 2.24) is 24.4 Å². The Balaban J connectivity index is 2.06. The molecule has 1 amide bonds. The molecule has 3 rings (SSSR count). The lowest BCUT2D eigenvalue weighted by atomic mass is 10.2. The molecule has 2 aromatic rings. The minimum absolute atomic E-state index is 0.0494. The first-order chi connectivity index (χ1) is 9.06. The summed E-state index contributed by atoms with van der Waals surface area (Å²) in [5.41, 5.74) is 0.564. The van der Waals surface area contributed by atoms with Gasteiger partial charge >= 0.3 is 11.8 Å². The minimum atomic E-state index is -0.983. The summed E-state index contributed by atoms with van der Waals surface area (Å²) >= 11 is 5.73. The molecule has 0 aliphatic carbocycles. The Bertz CT molecular complexity index is 709. The predicted octanol–water partition coefficient (Wildman–Crippen LogP) is 0.698. The molecule has 1 saturated heterocycles. The van der Waals surface area contributed by atoms with Gasteiger partial charge in [0.25, 0.3) is 0 Å². The van der Waals surface area contributed by atoms with Crippen LogP contribution in [-0.4, -0.2) is 48.7 Å². The Morgan fingerprint density at radius 1 is 1.58 bits per heavy atom. The number of nitrogens with zero attached hydrogens (tertiary/aromatic N) is 4. The van der Waals surface area contributed by atoms with Gasteiger partial charge in [-0.25, -0.2) is 14.6 Å². The molecule has 8 nitrogen and oxygen atoms in total. The van der Waals surface area contributed by atoms with Crippen molar-refractivity contribution in [3.8, 4) is 0 Å². The van der Waals surface area contributed by atoms with E-state index in [1.54, 1.807) is 0 Å². The highest BCUT2D eigenvalue weighted by atomic mass is 35.5. The number of amides is 1. The third-order valence-electron chi connectivity index (χ3n) is 3.23. The van der Waals surface area contributed by atoms with Gasteiger partial charge in [-0.15, -0.1) is 0 Å². The van der Waals surface area contributed by atoms with Crippen molar-refractivity contribution < 1.29 is 9.90 Å². The molecule has 19 heavy (non-hydrogen) atoms. The number of H-pyrrole nitrogens is 1. The highest BCUT2D eigenvalue weighted by molar-refractivity contribution is 6.28. The van der Waals surface area contributed by atoms with Crippen LogP contribution in [0.1, 0.15) is 12.5 Å². The lowest BCUT2D eigenvalue weighted by Crippen LogP contribution is -2.29. The molecule has 2 N–H and O–H groups in total. The molecule has 0 saturated carbocycles. The number of aromatic nitrogens is 4. The van der Waals surface area contributed by atoms with Crippen LogP contribution in [0.4, 0.5) is 4.79 Å². The molecule has 1 unspecified atom stereocenters. The van der Waals surface area contributed by atoms with Crippen LogP contribution in [0.5, 0.6) is 0 Å². The minimum Gasteiger partial charge on any atom is -0.465 e. The van der Waals surface area contributed by atoms with E-state index in [0.29, 0.717) is 24.1 Å². The number of halogens is 1. The molecule has 0 spiro atoms. The van der Waals surface area contributed by atoms with Crippen LogP contribution in [0.2, 0.25) is 5.28 Å². The van der Waals surface area contributed by atoms with E-state index in [-0.39, 0.29) is 23.6 Å². The van der Waals surface area contributed by atoms with Gasteiger partial charge < -0.3 is 15.0 Å². The SMILES string of the molecule is O=C(O)N1CCC(n2c(=O)[nH]c3cnc(Cl)nc32)C1. The lowest BCUT2D eigenvalue weighted by molar-refractivity contribution is 0.154. The largest absolute Gasteiger partial charge is 0.465 e. The van der Waals surface area contributed by atoms with Crippen molar-refractivity contribution in [2.45, 2.75) is 12.5 Å². The summed E-state index contributed by atoms with van der Waals surface area (Å²) in [5.74, 6) is 0. The van der Waals surface area contributed by atoms with E-state index in [9.17, 15) is 9.59 Å². The Morgan fingerprint density at radius 3 is 3.05 bits per heavy atom. The highest BCUT2D eigenvalue weighted by Crippen LogP contribution is 2.23.